The van der Waals surface area contributed by atoms with E-state index in [2.05, 4.69) is 6.92 Å². The van der Waals surface area contributed by atoms with Crippen LogP contribution in [-0.4, -0.2) is 15.0 Å². The van der Waals surface area contributed by atoms with E-state index in [1.807, 2.05) is 29.8 Å². The van der Waals surface area contributed by atoms with E-state index in [-0.39, 0.29) is 5.43 Å². The summed E-state index contributed by atoms with van der Waals surface area (Å²) in [6, 6.07) is 5.79. The summed E-state index contributed by atoms with van der Waals surface area (Å²) in [7, 11) is 0.625. The fraction of sp³-hybridized carbons (Fsp3) is 0.308. The molecule has 0 aliphatic rings. The van der Waals surface area contributed by atoms with Gasteiger partial charge in [-0.1, -0.05) is 13.0 Å². The average Bonchev–Trinajstić information content (AvgIpc) is 2.32. The second-order valence-corrected chi connectivity index (χ2v) is 5.44. The first-order chi connectivity index (χ1) is 8.04. The van der Waals surface area contributed by atoms with Crippen molar-refractivity contribution in [2.75, 3.05) is 6.26 Å². The first kappa shape index (κ1) is 12.0. The molecule has 1 unspecified atom stereocenters. The van der Waals surface area contributed by atoms with E-state index < -0.39 is 10.8 Å². The predicted octanol–water partition coefficient (Wildman–Crippen LogP) is 1.84. The van der Waals surface area contributed by atoms with Crippen LogP contribution in [0.5, 0.6) is 0 Å². The molecule has 90 valence electrons. The van der Waals surface area contributed by atoms with Crippen LogP contribution in [0.2, 0.25) is 0 Å². The zero-order valence-electron chi connectivity index (χ0n) is 10.2. The molecule has 0 saturated heterocycles. The summed E-state index contributed by atoms with van der Waals surface area (Å²) in [5, 5.41) is 0.636. The van der Waals surface area contributed by atoms with Gasteiger partial charge in [0.25, 0.3) is 0 Å². The van der Waals surface area contributed by atoms with Crippen LogP contribution in [-0.2, 0) is 24.3 Å². The molecule has 2 rings (SSSR count). The summed E-state index contributed by atoms with van der Waals surface area (Å²) < 4.78 is 13.4. The van der Waals surface area contributed by atoms with Crippen LogP contribution in [0, 0.1) is 0 Å². The molecule has 0 fully saturated rings. The molecule has 1 aromatic heterocycles. The Morgan fingerprint density at radius 3 is 2.65 bits per heavy atom. The van der Waals surface area contributed by atoms with Crippen LogP contribution in [0.25, 0.3) is 10.9 Å². The molecule has 0 saturated carbocycles. The van der Waals surface area contributed by atoms with Crippen LogP contribution in [0.3, 0.4) is 0 Å². The molecule has 0 radical (unpaired) electrons. The molecule has 0 aliphatic carbocycles. The van der Waals surface area contributed by atoms with Gasteiger partial charge in [-0.05, 0) is 24.1 Å². The lowest BCUT2D eigenvalue weighted by Crippen LogP contribution is -2.14. The van der Waals surface area contributed by atoms with E-state index in [9.17, 15) is 9.00 Å². The fourth-order valence-electron chi connectivity index (χ4n) is 1.92. The second-order valence-electron chi connectivity index (χ2n) is 4.09. The molecule has 0 bridgehead atoms. The van der Waals surface area contributed by atoms with Gasteiger partial charge in [0.15, 0.2) is 0 Å². The molecular formula is C13H15NO2S. The Hall–Kier alpha value is -1.42. The number of aryl methyl sites for hydroxylation is 2. The molecule has 1 heterocycles. The molecule has 2 aromatic rings. The lowest BCUT2D eigenvalue weighted by Gasteiger charge is -2.08. The van der Waals surface area contributed by atoms with Gasteiger partial charge in [-0.2, -0.15) is 0 Å². The highest BCUT2D eigenvalue weighted by Crippen LogP contribution is 2.15. The van der Waals surface area contributed by atoms with E-state index in [4.69, 9.17) is 0 Å². The number of nitrogens with zero attached hydrogens (tertiary/aromatic N) is 1. The summed E-state index contributed by atoms with van der Waals surface area (Å²) >= 11 is 0. The summed E-state index contributed by atoms with van der Waals surface area (Å²) in [5.74, 6) is 0. The van der Waals surface area contributed by atoms with E-state index >= 15 is 0 Å². The summed E-state index contributed by atoms with van der Waals surface area (Å²) in [5.41, 5.74) is 1.96. The van der Waals surface area contributed by atoms with Gasteiger partial charge in [0.05, 0.1) is 16.3 Å². The minimum absolute atomic E-state index is 0.124. The van der Waals surface area contributed by atoms with Crippen LogP contribution < -0.4 is 5.43 Å². The van der Waals surface area contributed by atoms with Crippen molar-refractivity contribution in [2.45, 2.75) is 18.2 Å². The Bertz CT molecular complexity index is 658. The van der Waals surface area contributed by atoms with Crippen LogP contribution in [0.15, 0.2) is 34.1 Å². The number of rotatable bonds is 2. The largest absolute Gasteiger partial charge is 0.349 e. The van der Waals surface area contributed by atoms with Gasteiger partial charge in [0, 0.05) is 24.9 Å². The molecule has 17 heavy (non-hydrogen) atoms. The van der Waals surface area contributed by atoms with Gasteiger partial charge in [-0.15, -0.1) is 0 Å². The van der Waals surface area contributed by atoms with Crippen molar-refractivity contribution in [3.05, 3.63) is 40.2 Å². The van der Waals surface area contributed by atoms with Crippen molar-refractivity contribution in [3.63, 3.8) is 0 Å². The first-order valence-corrected chi connectivity index (χ1v) is 7.06. The zero-order chi connectivity index (χ0) is 12.6. The van der Waals surface area contributed by atoms with Crippen molar-refractivity contribution in [3.8, 4) is 0 Å². The summed E-state index contributed by atoms with van der Waals surface area (Å²) in [4.78, 5) is 12.5. The number of pyridine rings is 1. The number of benzene rings is 1. The topological polar surface area (TPSA) is 39.1 Å². The molecule has 0 aliphatic heterocycles. The third-order valence-corrected chi connectivity index (χ3v) is 3.85. The van der Waals surface area contributed by atoms with Gasteiger partial charge >= 0.3 is 0 Å². The van der Waals surface area contributed by atoms with Gasteiger partial charge in [-0.3, -0.25) is 9.00 Å². The molecule has 0 amide bonds. The van der Waals surface area contributed by atoms with Crippen molar-refractivity contribution in [2.24, 2.45) is 7.05 Å². The highest BCUT2D eigenvalue weighted by atomic mass is 32.2. The Labute approximate surface area is 103 Å². The monoisotopic (exact) mass is 249 g/mol. The Kier molecular flexibility index (Phi) is 3.15. The van der Waals surface area contributed by atoms with Crippen molar-refractivity contribution < 1.29 is 4.21 Å². The number of aromatic nitrogens is 1. The Morgan fingerprint density at radius 2 is 2.06 bits per heavy atom. The van der Waals surface area contributed by atoms with E-state index in [1.165, 1.54) is 11.8 Å². The van der Waals surface area contributed by atoms with Gasteiger partial charge < -0.3 is 4.57 Å². The van der Waals surface area contributed by atoms with Gasteiger partial charge in [-0.25, -0.2) is 0 Å². The van der Waals surface area contributed by atoms with Crippen molar-refractivity contribution >= 4 is 21.7 Å². The lowest BCUT2D eigenvalue weighted by molar-refractivity contribution is 0.685. The minimum Gasteiger partial charge on any atom is -0.349 e. The Balaban J connectivity index is 2.87. The van der Waals surface area contributed by atoms with Crippen molar-refractivity contribution in [1.29, 1.82) is 0 Å². The minimum atomic E-state index is -1.25. The highest BCUT2D eigenvalue weighted by Gasteiger charge is 2.10. The van der Waals surface area contributed by atoms with Crippen LogP contribution in [0.4, 0.5) is 0 Å². The number of hydrogen-bond donors (Lipinski definition) is 0. The molecule has 3 nitrogen and oxygen atoms in total. The molecule has 1 aromatic carbocycles. The quantitative estimate of drug-likeness (QED) is 0.814. The third-order valence-electron chi connectivity index (χ3n) is 2.94. The van der Waals surface area contributed by atoms with E-state index in [0.29, 0.717) is 10.3 Å². The standard InChI is InChI=1S/C13H15NO2S/c1-4-9-5-6-10-11(7-9)14(2)8-12(13(10)15)17(3)16/h5-8H,4H2,1-3H3. The zero-order valence-corrected chi connectivity index (χ0v) is 11.0. The van der Waals surface area contributed by atoms with Gasteiger partial charge in [0.2, 0.25) is 5.43 Å². The smallest absolute Gasteiger partial charge is 0.205 e. The molecule has 1 atom stereocenters. The summed E-state index contributed by atoms with van der Waals surface area (Å²) in [6.07, 6.45) is 4.13. The second kappa shape index (κ2) is 4.45. The fourth-order valence-corrected chi connectivity index (χ4v) is 2.60. The molecular weight excluding hydrogens is 234 g/mol. The maximum absolute atomic E-state index is 12.1. The van der Waals surface area contributed by atoms with E-state index in [0.717, 1.165) is 11.9 Å². The van der Waals surface area contributed by atoms with Crippen molar-refractivity contribution in [1.82, 2.24) is 4.57 Å². The maximum Gasteiger partial charge on any atom is 0.205 e. The summed E-state index contributed by atoms with van der Waals surface area (Å²) in [6.45, 7) is 2.08. The van der Waals surface area contributed by atoms with Crippen LogP contribution >= 0.6 is 0 Å². The predicted molar refractivity (Wildman–Crippen MR) is 70.9 cm³/mol. The average molecular weight is 249 g/mol. The Morgan fingerprint density at radius 1 is 1.35 bits per heavy atom. The molecule has 0 spiro atoms. The highest BCUT2D eigenvalue weighted by molar-refractivity contribution is 7.84. The van der Waals surface area contributed by atoms with E-state index in [1.54, 1.807) is 6.20 Å². The molecule has 0 N–H and O–H groups in total. The number of hydrogen-bond acceptors (Lipinski definition) is 2. The van der Waals surface area contributed by atoms with Gasteiger partial charge in [0.1, 0.15) is 4.90 Å². The molecule has 4 heteroatoms. The maximum atomic E-state index is 12.1. The first-order valence-electron chi connectivity index (χ1n) is 5.50. The lowest BCUT2D eigenvalue weighted by atomic mass is 10.1. The normalized spacial score (nSPS) is 12.9. The number of fused-ring (bicyclic) bond motifs is 1. The SMILES string of the molecule is CCc1ccc2c(=O)c(S(C)=O)cn(C)c2c1. The third kappa shape index (κ3) is 2.05. The van der Waals surface area contributed by atoms with Crippen LogP contribution in [0.1, 0.15) is 12.5 Å².